The highest BCUT2D eigenvalue weighted by atomic mass is 19.4. The highest BCUT2D eigenvalue weighted by Gasteiger charge is 2.32. The van der Waals surface area contributed by atoms with Gasteiger partial charge in [-0.25, -0.2) is 9.78 Å². The fourth-order valence-corrected chi connectivity index (χ4v) is 4.11. The molecule has 2 aliphatic heterocycles. The standard InChI is InChI=1S/C25H26F3N7O3/c1-34-7-9-35(10-8-34)19-13-16(25(26,27)28)12-18(14-19)33-24(36)32-17-2-4-20(5-3-17)38-23-21-22(30-15-31-23)29-6-11-37-21/h2-5,12-15H,6-11H2,1H3,(H,29,30,31)(H2,32,33,36). The Morgan fingerprint density at radius 1 is 1.03 bits per heavy atom. The molecular formula is C25H26F3N7O3. The third-order valence-corrected chi connectivity index (χ3v) is 6.11. The summed E-state index contributed by atoms with van der Waals surface area (Å²) in [6, 6.07) is 9.36. The maximum absolute atomic E-state index is 13.6. The number of hydrogen-bond donors (Lipinski definition) is 3. The molecule has 3 aromatic rings. The van der Waals surface area contributed by atoms with Crippen LogP contribution in [0.4, 0.5) is 40.8 Å². The topological polar surface area (TPSA) is 104 Å². The number of anilines is 4. The first-order valence-corrected chi connectivity index (χ1v) is 12.0. The van der Waals surface area contributed by atoms with Crippen LogP contribution >= 0.6 is 0 Å². The van der Waals surface area contributed by atoms with Crippen LogP contribution in [0.15, 0.2) is 48.8 Å². The van der Waals surface area contributed by atoms with Gasteiger partial charge in [-0.15, -0.1) is 0 Å². The summed E-state index contributed by atoms with van der Waals surface area (Å²) in [7, 11) is 1.97. The zero-order valence-electron chi connectivity index (χ0n) is 20.5. The Labute approximate surface area is 216 Å². The smallest absolute Gasteiger partial charge is 0.416 e. The van der Waals surface area contributed by atoms with Gasteiger partial charge in [0, 0.05) is 43.2 Å². The van der Waals surface area contributed by atoms with Crippen LogP contribution in [0.5, 0.6) is 17.4 Å². The molecule has 2 aliphatic rings. The Kier molecular flexibility index (Phi) is 7.09. The monoisotopic (exact) mass is 529 g/mol. The molecule has 1 fully saturated rings. The van der Waals surface area contributed by atoms with Crippen molar-refractivity contribution in [2.45, 2.75) is 6.18 Å². The molecule has 1 aromatic heterocycles. The van der Waals surface area contributed by atoms with Crippen molar-refractivity contribution in [2.75, 3.05) is 67.2 Å². The lowest BCUT2D eigenvalue weighted by Crippen LogP contribution is -2.44. The van der Waals surface area contributed by atoms with Crippen molar-refractivity contribution in [1.29, 1.82) is 0 Å². The minimum atomic E-state index is -4.55. The minimum Gasteiger partial charge on any atom is -0.483 e. The number of fused-ring (bicyclic) bond motifs is 1. The van der Waals surface area contributed by atoms with Gasteiger partial charge in [-0.3, -0.25) is 0 Å². The number of amides is 2. The first-order chi connectivity index (χ1) is 18.2. The van der Waals surface area contributed by atoms with E-state index in [0.717, 1.165) is 25.2 Å². The zero-order chi connectivity index (χ0) is 26.7. The second kappa shape index (κ2) is 10.6. The molecule has 10 nitrogen and oxygen atoms in total. The Bertz CT molecular complexity index is 1300. The molecule has 0 aliphatic carbocycles. The summed E-state index contributed by atoms with van der Waals surface area (Å²) in [5.41, 5.74) is 0.0599. The van der Waals surface area contributed by atoms with Crippen LogP contribution in [0.25, 0.3) is 0 Å². The van der Waals surface area contributed by atoms with Crippen LogP contribution in [0, 0.1) is 0 Å². The second-order valence-corrected chi connectivity index (χ2v) is 8.89. The van der Waals surface area contributed by atoms with Gasteiger partial charge in [0.05, 0.1) is 12.1 Å². The SMILES string of the molecule is CN1CCN(c2cc(NC(=O)Nc3ccc(Oc4ncnc5c4OCCN5)cc3)cc(C(F)(F)F)c2)CC1. The summed E-state index contributed by atoms with van der Waals surface area (Å²) in [5, 5.41) is 8.25. The van der Waals surface area contributed by atoms with Crippen molar-refractivity contribution in [2.24, 2.45) is 0 Å². The molecule has 0 unspecified atom stereocenters. The fraction of sp³-hybridized carbons (Fsp3) is 0.320. The third-order valence-electron chi connectivity index (χ3n) is 6.11. The average Bonchev–Trinajstić information content (AvgIpc) is 2.90. The van der Waals surface area contributed by atoms with Gasteiger partial charge in [-0.1, -0.05) is 0 Å². The predicted octanol–water partition coefficient (Wildman–Crippen LogP) is 4.49. The van der Waals surface area contributed by atoms with E-state index in [1.807, 2.05) is 11.9 Å². The molecule has 0 spiro atoms. The van der Waals surface area contributed by atoms with Crippen molar-refractivity contribution < 1.29 is 27.4 Å². The largest absolute Gasteiger partial charge is 0.483 e. The van der Waals surface area contributed by atoms with Crippen molar-refractivity contribution in [3.05, 3.63) is 54.4 Å². The Morgan fingerprint density at radius 3 is 2.50 bits per heavy atom. The van der Waals surface area contributed by atoms with E-state index in [9.17, 15) is 18.0 Å². The number of aromatic nitrogens is 2. The van der Waals surface area contributed by atoms with E-state index in [1.54, 1.807) is 30.3 Å². The van der Waals surface area contributed by atoms with Gasteiger partial charge < -0.3 is 35.2 Å². The van der Waals surface area contributed by atoms with Gasteiger partial charge in [0.15, 0.2) is 5.82 Å². The van der Waals surface area contributed by atoms with Gasteiger partial charge in [0.2, 0.25) is 5.75 Å². The molecule has 13 heteroatoms. The number of carbonyl (C=O) groups is 1. The van der Waals surface area contributed by atoms with Crippen molar-refractivity contribution in [1.82, 2.24) is 14.9 Å². The number of piperazine rings is 1. The van der Waals surface area contributed by atoms with E-state index in [0.29, 0.717) is 54.9 Å². The molecule has 0 bridgehead atoms. The second-order valence-electron chi connectivity index (χ2n) is 8.89. The highest BCUT2D eigenvalue weighted by molar-refractivity contribution is 6.00. The van der Waals surface area contributed by atoms with Crippen LogP contribution in [0.2, 0.25) is 0 Å². The molecule has 5 rings (SSSR count). The van der Waals surface area contributed by atoms with Crippen molar-refractivity contribution >= 4 is 28.9 Å². The van der Waals surface area contributed by atoms with E-state index < -0.39 is 17.8 Å². The summed E-state index contributed by atoms with van der Waals surface area (Å²) in [6.07, 6.45) is -3.19. The molecular weight excluding hydrogens is 503 g/mol. The lowest BCUT2D eigenvalue weighted by molar-refractivity contribution is -0.137. The molecule has 2 aromatic carbocycles. The van der Waals surface area contributed by atoms with Gasteiger partial charge in [-0.2, -0.15) is 18.2 Å². The number of alkyl halides is 3. The first kappa shape index (κ1) is 25.4. The molecule has 1 saturated heterocycles. The van der Waals surface area contributed by atoms with E-state index in [1.165, 1.54) is 6.33 Å². The molecule has 3 N–H and O–H groups in total. The van der Waals surface area contributed by atoms with Crippen LogP contribution in [-0.2, 0) is 6.18 Å². The summed E-state index contributed by atoms with van der Waals surface area (Å²) in [6.45, 7) is 3.75. The van der Waals surface area contributed by atoms with E-state index in [-0.39, 0.29) is 11.6 Å². The number of rotatable bonds is 5. The lowest BCUT2D eigenvalue weighted by atomic mass is 10.1. The third kappa shape index (κ3) is 5.99. The Hall–Kier alpha value is -4.26. The van der Waals surface area contributed by atoms with Gasteiger partial charge in [-0.05, 0) is 49.5 Å². The quantitative estimate of drug-likeness (QED) is 0.444. The van der Waals surface area contributed by atoms with Crippen LogP contribution < -0.4 is 30.3 Å². The van der Waals surface area contributed by atoms with Crippen molar-refractivity contribution in [3.8, 4) is 17.4 Å². The highest BCUT2D eigenvalue weighted by Crippen LogP contribution is 2.37. The molecule has 200 valence electrons. The summed E-state index contributed by atoms with van der Waals surface area (Å²) in [4.78, 5) is 24.8. The number of likely N-dealkylation sites (N-methyl/N-ethyl adjacent to an activating group) is 1. The average molecular weight is 530 g/mol. The number of halogens is 3. The van der Waals surface area contributed by atoms with E-state index >= 15 is 0 Å². The molecule has 2 amide bonds. The van der Waals surface area contributed by atoms with Crippen LogP contribution in [0.3, 0.4) is 0 Å². The molecule has 3 heterocycles. The number of nitrogens with zero attached hydrogens (tertiary/aromatic N) is 4. The number of hydrogen-bond acceptors (Lipinski definition) is 8. The molecule has 38 heavy (non-hydrogen) atoms. The van der Waals surface area contributed by atoms with E-state index in [2.05, 4.69) is 30.8 Å². The van der Waals surface area contributed by atoms with Gasteiger partial charge in [0.1, 0.15) is 18.7 Å². The van der Waals surface area contributed by atoms with Gasteiger partial charge in [0.25, 0.3) is 5.88 Å². The number of urea groups is 1. The van der Waals surface area contributed by atoms with Crippen LogP contribution in [0.1, 0.15) is 5.56 Å². The molecule has 0 saturated carbocycles. The Balaban J connectivity index is 1.25. The molecule has 0 atom stereocenters. The van der Waals surface area contributed by atoms with Gasteiger partial charge >= 0.3 is 12.2 Å². The lowest BCUT2D eigenvalue weighted by Gasteiger charge is -2.34. The summed E-state index contributed by atoms with van der Waals surface area (Å²) < 4.78 is 52.1. The number of ether oxygens (including phenoxy) is 2. The zero-order valence-corrected chi connectivity index (χ0v) is 20.5. The van der Waals surface area contributed by atoms with Crippen molar-refractivity contribution in [3.63, 3.8) is 0 Å². The minimum absolute atomic E-state index is 0.0494. The summed E-state index contributed by atoms with van der Waals surface area (Å²) >= 11 is 0. The van der Waals surface area contributed by atoms with E-state index in [4.69, 9.17) is 9.47 Å². The first-order valence-electron chi connectivity index (χ1n) is 12.0. The normalized spacial score (nSPS) is 15.6. The Morgan fingerprint density at radius 2 is 1.76 bits per heavy atom. The predicted molar refractivity (Wildman–Crippen MR) is 136 cm³/mol. The maximum atomic E-state index is 13.6. The fourth-order valence-electron chi connectivity index (χ4n) is 4.11. The number of benzene rings is 2. The molecule has 0 radical (unpaired) electrons. The number of carbonyl (C=O) groups excluding carboxylic acids is 1. The summed E-state index contributed by atoms with van der Waals surface area (Å²) in [5.74, 6) is 1.65. The van der Waals surface area contributed by atoms with Crippen LogP contribution in [-0.4, -0.2) is 67.3 Å². The maximum Gasteiger partial charge on any atom is 0.416 e. The number of nitrogens with one attached hydrogen (secondary N) is 3.